The van der Waals surface area contributed by atoms with Crippen LogP contribution in [-0.2, 0) is 30.2 Å². The molecule has 0 fully saturated rings. The van der Waals surface area contributed by atoms with Crippen LogP contribution in [0.5, 0.6) is 5.75 Å². The Morgan fingerprint density at radius 2 is 1.94 bits per heavy atom. The quantitative estimate of drug-likeness (QED) is 0.210. The van der Waals surface area contributed by atoms with Crippen molar-refractivity contribution in [2.45, 2.75) is 38.4 Å². The Labute approximate surface area is 205 Å². The molecule has 1 aromatic carbocycles. The molecule has 0 saturated heterocycles. The number of nitrogens with zero attached hydrogens (tertiary/aromatic N) is 1. The molecule has 0 spiro atoms. The molecule has 2 aliphatic rings. The van der Waals surface area contributed by atoms with Crippen LogP contribution in [0.25, 0.3) is 0 Å². The molecule has 0 unspecified atom stereocenters. The summed E-state index contributed by atoms with van der Waals surface area (Å²) in [4.78, 5) is 42.6. The first-order valence-corrected chi connectivity index (χ1v) is 12.2. The largest absolute Gasteiger partial charge is 0.560 e. The highest BCUT2D eigenvalue weighted by molar-refractivity contribution is 7.99. The van der Waals surface area contributed by atoms with Gasteiger partial charge >= 0.3 is 14.0 Å². The third-order valence-corrected chi connectivity index (χ3v) is 6.06. The molecule has 2 bridgehead atoms. The molecular formula is C23H32BN3O6S. The van der Waals surface area contributed by atoms with Gasteiger partial charge in [-0.3, -0.25) is 9.59 Å². The van der Waals surface area contributed by atoms with Crippen LogP contribution in [0.2, 0.25) is 0 Å². The maximum absolute atomic E-state index is 13.1. The summed E-state index contributed by atoms with van der Waals surface area (Å²) < 4.78 is 15.5. The van der Waals surface area contributed by atoms with E-state index in [9.17, 15) is 14.4 Å². The Balaban J connectivity index is 2.32. The van der Waals surface area contributed by atoms with Gasteiger partial charge in [-0.1, -0.05) is 38.1 Å². The Morgan fingerprint density at radius 3 is 2.59 bits per heavy atom. The van der Waals surface area contributed by atoms with E-state index >= 15 is 0 Å². The second kappa shape index (κ2) is 14.3. The summed E-state index contributed by atoms with van der Waals surface area (Å²) in [5.41, 5.74) is 0.877. The van der Waals surface area contributed by atoms with Gasteiger partial charge in [-0.15, -0.1) is 0 Å². The number of benzene rings is 1. The SMILES string of the molecule is BOC=N[C@H]1Cc2ccc(cc2)OCC=CCSC[C@@H](C(=O)OC)NC(=O)[C@H](C(C)C)NC1=O. The average molecular weight is 489 g/mol. The highest BCUT2D eigenvalue weighted by atomic mass is 32.2. The number of carbonyl (C=O) groups excluding carboxylic acids is 3. The van der Waals surface area contributed by atoms with Crippen LogP contribution >= 0.6 is 11.8 Å². The number of rotatable bonds is 4. The molecule has 11 heteroatoms. The van der Waals surface area contributed by atoms with E-state index in [4.69, 9.17) is 14.1 Å². The fourth-order valence-corrected chi connectivity index (χ4v) is 4.05. The summed E-state index contributed by atoms with van der Waals surface area (Å²) in [6.45, 7) is 4.04. The highest BCUT2D eigenvalue weighted by Gasteiger charge is 2.31. The molecule has 1 aromatic rings. The van der Waals surface area contributed by atoms with Gasteiger partial charge < -0.3 is 24.8 Å². The number of hydrogen-bond acceptors (Lipinski definition) is 8. The summed E-state index contributed by atoms with van der Waals surface area (Å²) in [7, 11) is 2.72. The second-order valence-corrected chi connectivity index (χ2v) is 9.06. The van der Waals surface area contributed by atoms with Crippen LogP contribution in [0.4, 0.5) is 0 Å². The third-order valence-electron chi connectivity index (χ3n) is 5.06. The van der Waals surface area contributed by atoms with Crippen LogP contribution in [0.3, 0.4) is 0 Å². The minimum Gasteiger partial charge on any atom is -0.560 e. The maximum Gasteiger partial charge on any atom is 0.329 e. The molecule has 2 heterocycles. The number of aliphatic imine (C=N–C) groups is 1. The number of nitrogens with one attached hydrogen (secondary N) is 2. The molecule has 3 rings (SSSR count). The maximum atomic E-state index is 13.1. The molecule has 3 atom stereocenters. The van der Waals surface area contributed by atoms with Crippen molar-refractivity contribution >= 4 is 44.0 Å². The van der Waals surface area contributed by atoms with Gasteiger partial charge in [-0.25, -0.2) is 9.79 Å². The fourth-order valence-electron chi connectivity index (χ4n) is 3.18. The number of esters is 1. The molecule has 2 amide bonds. The first-order valence-electron chi connectivity index (χ1n) is 11.0. The van der Waals surface area contributed by atoms with E-state index in [1.807, 2.05) is 50.3 Å². The minimum absolute atomic E-state index is 0.226. The topological polar surface area (TPSA) is 115 Å². The van der Waals surface area contributed by atoms with E-state index in [2.05, 4.69) is 15.6 Å². The van der Waals surface area contributed by atoms with Crippen molar-refractivity contribution in [3.63, 3.8) is 0 Å². The predicted octanol–water partition coefficient (Wildman–Crippen LogP) is 0.671. The van der Waals surface area contributed by atoms with Crippen molar-refractivity contribution in [1.29, 1.82) is 0 Å². The fraction of sp³-hybridized carbons (Fsp3) is 0.478. The lowest BCUT2D eigenvalue weighted by molar-refractivity contribution is -0.144. The van der Waals surface area contributed by atoms with Gasteiger partial charge in [-0.05, 0) is 23.6 Å². The summed E-state index contributed by atoms with van der Waals surface area (Å²) in [6, 6.07) is 4.92. The van der Waals surface area contributed by atoms with Crippen LogP contribution in [0.1, 0.15) is 19.4 Å². The number of thioether (sulfide) groups is 1. The molecule has 9 nitrogen and oxygen atoms in total. The van der Waals surface area contributed by atoms with Gasteiger partial charge in [0, 0.05) is 17.9 Å². The lowest BCUT2D eigenvalue weighted by Gasteiger charge is -2.25. The number of carbonyl (C=O) groups is 3. The average Bonchev–Trinajstić information content (AvgIpc) is 2.83. The lowest BCUT2D eigenvalue weighted by Crippen LogP contribution is -2.56. The van der Waals surface area contributed by atoms with Crippen molar-refractivity contribution in [1.82, 2.24) is 10.6 Å². The molecule has 0 radical (unpaired) electrons. The molecule has 2 N–H and O–H groups in total. The zero-order valence-corrected chi connectivity index (χ0v) is 20.8. The number of hydrogen-bond donors (Lipinski definition) is 2. The zero-order chi connectivity index (χ0) is 24.9. The summed E-state index contributed by atoms with van der Waals surface area (Å²) in [5.74, 6) is 0.0151. The van der Waals surface area contributed by atoms with Crippen molar-refractivity contribution in [2.24, 2.45) is 10.9 Å². The first-order chi connectivity index (χ1) is 16.3. The second-order valence-electron chi connectivity index (χ2n) is 7.99. The van der Waals surface area contributed by atoms with Crippen LogP contribution in [-0.4, -0.2) is 75.6 Å². The number of methoxy groups -OCH3 is 1. The van der Waals surface area contributed by atoms with E-state index < -0.39 is 35.9 Å². The Kier molecular flexibility index (Phi) is 11.5. The van der Waals surface area contributed by atoms with Gasteiger partial charge in [0.15, 0.2) is 6.40 Å². The molecule has 0 saturated carbocycles. The van der Waals surface area contributed by atoms with Crippen molar-refractivity contribution in [2.75, 3.05) is 25.2 Å². The van der Waals surface area contributed by atoms with E-state index in [1.165, 1.54) is 33.3 Å². The van der Waals surface area contributed by atoms with E-state index in [-0.39, 0.29) is 5.92 Å². The van der Waals surface area contributed by atoms with Crippen molar-refractivity contribution in [3.8, 4) is 5.75 Å². The monoisotopic (exact) mass is 489 g/mol. The molecule has 0 aromatic heterocycles. The standard InChI is InChI=1S/C23H32BN3O6S/c1-15(2)20-22(29)26-19(23(30)31-3)13-34-11-5-4-10-32-17-8-6-16(7-9-17)12-18(21(28)27-20)25-14-33-24/h4-9,14-15,18-20H,10-13,24H2,1-3H3,(H,26,29)(H,27,28)/t18-,19-,20-/m0/s1. The van der Waals surface area contributed by atoms with E-state index in [1.54, 1.807) is 0 Å². The Bertz CT molecular complexity index is 878. The smallest absolute Gasteiger partial charge is 0.329 e. The molecular weight excluding hydrogens is 457 g/mol. The number of fused-ring (bicyclic) bond motifs is 15. The van der Waals surface area contributed by atoms with Gasteiger partial charge in [0.1, 0.15) is 30.5 Å². The first kappa shape index (κ1) is 27.3. The van der Waals surface area contributed by atoms with Crippen LogP contribution in [0.15, 0.2) is 41.4 Å². The Hall–Kier alpha value is -2.95. The predicted molar refractivity (Wildman–Crippen MR) is 135 cm³/mol. The molecule has 2 aliphatic heterocycles. The highest BCUT2D eigenvalue weighted by Crippen LogP contribution is 2.16. The van der Waals surface area contributed by atoms with Crippen LogP contribution < -0.4 is 15.4 Å². The number of ether oxygens (including phenoxy) is 2. The van der Waals surface area contributed by atoms with E-state index in [0.717, 1.165) is 5.56 Å². The van der Waals surface area contributed by atoms with Gasteiger partial charge in [0.25, 0.3) is 0 Å². The summed E-state index contributed by atoms with van der Waals surface area (Å²) >= 11 is 1.47. The Morgan fingerprint density at radius 1 is 1.21 bits per heavy atom. The van der Waals surface area contributed by atoms with Crippen LogP contribution in [0, 0.1) is 5.92 Å². The van der Waals surface area contributed by atoms with Gasteiger partial charge in [0.05, 0.1) is 7.11 Å². The molecule has 0 aliphatic carbocycles. The molecule has 34 heavy (non-hydrogen) atoms. The minimum atomic E-state index is -0.859. The van der Waals surface area contributed by atoms with Crippen molar-refractivity contribution in [3.05, 3.63) is 42.0 Å². The molecule has 184 valence electrons. The van der Waals surface area contributed by atoms with Gasteiger partial charge in [0.2, 0.25) is 11.8 Å². The normalized spacial score (nSPS) is 22.8. The zero-order valence-electron chi connectivity index (χ0n) is 20.0. The summed E-state index contributed by atoms with van der Waals surface area (Å²) in [6.07, 6.45) is 5.35. The third kappa shape index (κ3) is 8.77. The van der Waals surface area contributed by atoms with Crippen molar-refractivity contribution < 1.29 is 28.5 Å². The van der Waals surface area contributed by atoms with Gasteiger partial charge in [-0.2, -0.15) is 11.8 Å². The summed E-state index contributed by atoms with van der Waals surface area (Å²) in [5, 5.41) is 5.52. The lowest BCUT2D eigenvalue weighted by atomic mass is 10.0. The number of amides is 2. The van der Waals surface area contributed by atoms with E-state index in [0.29, 0.717) is 30.3 Å².